The largest absolute Gasteiger partial charge is 0.399 e. The van der Waals surface area contributed by atoms with Crippen molar-refractivity contribution >= 4 is 22.3 Å². The highest BCUT2D eigenvalue weighted by atomic mass is 14.9. The molecule has 18 heavy (non-hydrogen) atoms. The standard InChI is InChI=1S/C15H19N3/c1-4-5-10(2)17-15-8-11(3)18-14-7-6-12(16)9-13(14)15/h4,6-10H,1,5,16H2,2-3H3,(H,17,18). The van der Waals surface area contributed by atoms with Crippen molar-refractivity contribution in [3.8, 4) is 0 Å². The van der Waals surface area contributed by atoms with Crippen LogP contribution in [-0.4, -0.2) is 11.0 Å². The van der Waals surface area contributed by atoms with E-state index in [2.05, 4.69) is 29.9 Å². The molecule has 1 heterocycles. The molecule has 0 spiro atoms. The lowest BCUT2D eigenvalue weighted by atomic mass is 10.1. The minimum absolute atomic E-state index is 0.342. The van der Waals surface area contributed by atoms with Crippen LogP contribution in [0.3, 0.4) is 0 Å². The summed E-state index contributed by atoms with van der Waals surface area (Å²) in [6, 6.07) is 8.20. The van der Waals surface area contributed by atoms with Crippen molar-refractivity contribution in [2.75, 3.05) is 11.1 Å². The third kappa shape index (κ3) is 2.62. The molecule has 94 valence electrons. The smallest absolute Gasteiger partial charge is 0.0727 e. The summed E-state index contributed by atoms with van der Waals surface area (Å²) in [5, 5.41) is 4.55. The second kappa shape index (κ2) is 5.08. The summed E-state index contributed by atoms with van der Waals surface area (Å²) in [4.78, 5) is 4.51. The lowest BCUT2D eigenvalue weighted by Crippen LogP contribution is -2.14. The lowest BCUT2D eigenvalue weighted by molar-refractivity contribution is 0.815. The van der Waals surface area contributed by atoms with E-state index in [1.165, 1.54) is 0 Å². The number of benzene rings is 1. The Morgan fingerprint density at radius 1 is 1.44 bits per heavy atom. The van der Waals surface area contributed by atoms with Crippen LogP contribution in [0.25, 0.3) is 10.9 Å². The molecule has 0 aliphatic rings. The fraction of sp³-hybridized carbons (Fsp3) is 0.267. The average molecular weight is 241 g/mol. The maximum absolute atomic E-state index is 5.85. The number of hydrogen-bond acceptors (Lipinski definition) is 3. The molecule has 1 aromatic carbocycles. The Bertz CT molecular complexity index is 575. The highest BCUT2D eigenvalue weighted by Crippen LogP contribution is 2.26. The zero-order valence-electron chi connectivity index (χ0n) is 10.9. The molecule has 3 nitrogen and oxygen atoms in total. The second-order valence-electron chi connectivity index (χ2n) is 4.66. The van der Waals surface area contributed by atoms with Gasteiger partial charge in [0.25, 0.3) is 0 Å². The lowest BCUT2D eigenvalue weighted by Gasteiger charge is -2.16. The molecule has 2 rings (SSSR count). The quantitative estimate of drug-likeness (QED) is 0.636. The third-order valence-electron chi connectivity index (χ3n) is 2.88. The van der Waals surface area contributed by atoms with E-state index in [1.54, 1.807) is 0 Å². The van der Waals surface area contributed by atoms with Gasteiger partial charge in [0.15, 0.2) is 0 Å². The molecule has 0 saturated carbocycles. The van der Waals surface area contributed by atoms with Crippen molar-refractivity contribution in [1.82, 2.24) is 4.98 Å². The third-order valence-corrected chi connectivity index (χ3v) is 2.88. The molecule has 0 saturated heterocycles. The van der Waals surface area contributed by atoms with Crippen molar-refractivity contribution in [3.05, 3.63) is 42.6 Å². The number of nitrogen functional groups attached to an aromatic ring is 1. The molecule has 0 bridgehead atoms. The van der Waals surface area contributed by atoms with Gasteiger partial charge in [-0.25, -0.2) is 0 Å². The van der Waals surface area contributed by atoms with Gasteiger partial charge in [-0.3, -0.25) is 4.98 Å². The van der Waals surface area contributed by atoms with E-state index < -0.39 is 0 Å². The molecule has 1 atom stereocenters. The fourth-order valence-corrected chi connectivity index (χ4v) is 2.07. The summed E-state index contributed by atoms with van der Waals surface area (Å²) in [6.07, 6.45) is 2.84. The van der Waals surface area contributed by atoms with Crippen LogP contribution in [0.4, 0.5) is 11.4 Å². The van der Waals surface area contributed by atoms with Crippen LogP contribution >= 0.6 is 0 Å². The van der Waals surface area contributed by atoms with E-state index in [9.17, 15) is 0 Å². The molecule has 1 aromatic heterocycles. The van der Waals surface area contributed by atoms with Gasteiger partial charge < -0.3 is 11.1 Å². The summed E-state index contributed by atoms with van der Waals surface area (Å²) >= 11 is 0. The van der Waals surface area contributed by atoms with Crippen molar-refractivity contribution in [3.63, 3.8) is 0 Å². The Balaban J connectivity index is 2.47. The molecule has 0 aliphatic heterocycles. The van der Waals surface area contributed by atoms with Crippen LogP contribution in [0.5, 0.6) is 0 Å². The minimum Gasteiger partial charge on any atom is -0.399 e. The normalized spacial score (nSPS) is 12.3. The Labute approximate surface area is 108 Å². The van der Waals surface area contributed by atoms with Crippen LogP contribution in [0.15, 0.2) is 36.9 Å². The average Bonchev–Trinajstić information content (AvgIpc) is 2.30. The predicted molar refractivity (Wildman–Crippen MR) is 78.8 cm³/mol. The fourth-order valence-electron chi connectivity index (χ4n) is 2.07. The van der Waals surface area contributed by atoms with Crippen LogP contribution in [-0.2, 0) is 0 Å². The Hall–Kier alpha value is -2.03. The van der Waals surface area contributed by atoms with Gasteiger partial charge in [-0.1, -0.05) is 6.08 Å². The number of aryl methyl sites for hydroxylation is 1. The Kier molecular flexibility index (Phi) is 3.51. The molecular weight excluding hydrogens is 222 g/mol. The molecule has 0 radical (unpaired) electrons. The monoisotopic (exact) mass is 241 g/mol. The SMILES string of the molecule is C=CCC(C)Nc1cc(C)nc2ccc(N)cc12. The van der Waals surface area contributed by atoms with E-state index in [4.69, 9.17) is 5.73 Å². The number of pyridine rings is 1. The van der Waals surface area contributed by atoms with Crippen LogP contribution in [0.1, 0.15) is 19.0 Å². The number of nitrogens with zero attached hydrogens (tertiary/aromatic N) is 1. The van der Waals surface area contributed by atoms with Gasteiger partial charge in [-0.05, 0) is 44.5 Å². The number of fused-ring (bicyclic) bond motifs is 1. The first-order valence-corrected chi connectivity index (χ1v) is 6.14. The summed E-state index contributed by atoms with van der Waals surface area (Å²) in [6.45, 7) is 7.90. The Morgan fingerprint density at radius 3 is 2.94 bits per heavy atom. The zero-order chi connectivity index (χ0) is 13.1. The molecule has 2 aromatic rings. The van der Waals surface area contributed by atoms with E-state index in [0.717, 1.165) is 34.4 Å². The van der Waals surface area contributed by atoms with E-state index >= 15 is 0 Å². The molecule has 0 amide bonds. The summed E-state index contributed by atoms with van der Waals surface area (Å²) < 4.78 is 0. The van der Waals surface area contributed by atoms with Gasteiger partial charge in [-0.15, -0.1) is 6.58 Å². The van der Waals surface area contributed by atoms with Crippen LogP contribution in [0, 0.1) is 6.92 Å². The molecule has 0 fully saturated rings. The van der Waals surface area contributed by atoms with Gasteiger partial charge in [0.1, 0.15) is 0 Å². The minimum atomic E-state index is 0.342. The van der Waals surface area contributed by atoms with Crippen molar-refractivity contribution in [2.24, 2.45) is 0 Å². The summed E-state index contributed by atoms with van der Waals surface area (Å²) in [5.74, 6) is 0. The second-order valence-corrected chi connectivity index (χ2v) is 4.66. The van der Waals surface area contributed by atoms with E-state index in [0.29, 0.717) is 6.04 Å². The summed E-state index contributed by atoms with van der Waals surface area (Å²) in [5.41, 5.74) is 9.66. The van der Waals surface area contributed by atoms with Gasteiger partial charge in [0.05, 0.1) is 5.52 Å². The van der Waals surface area contributed by atoms with Gasteiger partial charge in [0, 0.05) is 28.5 Å². The molecular formula is C15H19N3. The van der Waals surface area contributed by atoms with Crippen molar-refractivity contribution in [1.29, 1.82) is 0 Å². The molecule has 1 unspecified atom stereocenters. The van der Waals surface area contributed by atoms with Gasteiger partial charge in [-0.2, -0.15) is 0 Å². The van der Waals surface area contributed by atoms with Gasteiger partial charge >= 0.3 is 0 Å². The summed E-state index contributed by atoms with van der Waals surface area (Å²) in [7, 11) is 0. The van der Waals surface area contributed by atoms with Gasteiger partial charge in [0.2, 0.25) is 0 Å². The first kappa shape index (κ1) is 12.4. The van der Waals surface area contributed by atoms with Crippen molar-refractivity contribution in [2.45, 2.75) is 26.3 Å². The van der Waals surface area contributed by atoms with Crippen molar-refractivity contribution < 1.29 is 0 Å². The maximum atomic E-state index is 5.85. The topological polar surface area (TPSA) is 50.9 Å². The van der Waals surface area contributed by atoms with Crippen LogP contribution < -0.4 is 11.1 Å². The van der Waals surface area contributed by atoms with E-state index in [1.807, 2.05) is 31.2 Å². The maximum Gasteiger partial charge on any atom is 0.0727 e. The van der Waals surface area contributed by atoms with Crippen LogP contribution in [0.2, 0.25) is 0 Å². The molecule has 3 heteroatoms. The predicted octanol–water partition coefficient (Wildman–Crippen LogP) is 3.50. The molecule has 3 N–H and O–H groups in total. The number of aromatic nitrogens is 1. The number of hydrogen-bond donors (Lipinski definition) is 2. The zero-order valence-corrected chi connectivity index (χ0v) is 10.9. The van der Waals surface area contributed by atoms with E-state index in [-0.39, 0.29) is 0 Å². The molecule has 0 aliphatic carbocycles. The highest BCUT2D eigenvalue weighted by Gasteiger charge is 2.07. The number of rotatable bonds is 4. The highest BCUT2D eigenvalue weighted by molar-refractivity contribution is 5.93. The number of anilines is 2. The first-order valence-electron chi connectivity index (χ1n) is 6.14. The first-order chi connectivity index (χ1) is 8.60. The Morgan fingerprint density at radius 2 is 2.22 bits per heavy atom. The number of nitrogens with one attached hydrogen (secondary N) is 1. The number of nitrogens with two attached hydrogens (primary N) is 1.